The van der Waals surface area contributed by atoms with Crippen LogP contribution in [-0.2, 0) is 17.9 Å². The van der Waals surface area contributed by atoms with E-state index in [1.54, 1.807) is 12.3 Å². The average molecular weight is 343 g/mol. The van der Waals surface area contributed by atoms with Crippen LogP contribution < -0.4 is 5.56 Å². The summed E-state index contributed by atoms with van der Waals surface area (Å²) in [5.41, 5.74) is 2.10. The maximum atomic E-state index is 12.5. The van der Waals surface area contributed by atoms with Gasteiger partial charge in [-0.1, -0.05) is 6.92 Å². The fraction of sp³-hybridized carbons (Fsp3) is 0.375. The fourth-order valence-electron chi connectivity index (χ4n) is 3.18. The number of rotatable bonds is 3. The van der Waals surface area contributed by atoms with Crippen LogP contribution in [0.15, 0.2) is 28.8 Å². The highest BCUT2D eigenvalue weighted by Crippen LogP contribution is 2.26. The van der Waals surface area contributed by atoms with Crippen molar-refractivity contribution < 1.29 is 4.79 Å². The number of carbonyl (C=O) groups excluding carboxylic acids is 1. The van der Waals surface area contributed by atoms with E-state index in [1.165, 1.54) is 22.2 Å². The molecule has 1 N–H and O–H groups in total. The van der Waals surface area contributed by atoms with E-state index in [-0.39, 0.29) is 23.8 Å². The lowest BCUT2D eigenvalue weighted by Gasteiger charge is -2.30. The first kappa shape index (κ1) is 15.1. The van der Waals surface area contributed by atoms with Gasteiger partial charge in [0.05, 0.1) is 17.9 Å². The maximum absolute atomic E-state index is 12.5. The SMILES string of the molecule is CC1CN(C(=O)CCn2cnc3sccc3c2=O)Cc2cn[nH]c21. The lowest BCUT2D eigenvalue weighted by Crippen LogP contribution is -2.38. The Balaban J connectivity index is 1.47. The van der Waals surface area contributed by atoms with E-state index in [1.807, 2.05) is 10.3 Å². The van der Waals surface area contributed by atoms with Crippen LogP contribution in [0.2, 0.25) is 0 Å². The Morgan fingerprint density at radius 3 is 3.25 bits per heavy atom. The van der Waals surface area contributed by atoms with Gasteiger partial charge >= 0.3 is 0 Å². The number of hydrogen-bond acceptors (Lipinski definition) is 5. The Labute approximate surface area is 141 Å². The molecule has 1 atom stereocenters. The van der Waals surface area contributed by atoms with Crippen LogP contribution >= 0.6 is 11.3 Å². The molecule has 0 aliphatic carbocycles. The number of aryl methyl sites for hydroxylation is 1. The third kappa shape index (κ3) is 2.52. The first-order valence-corrected chi connectivity index (χ1v) is 8.74. The molecule has 1 unspecified atom stereocenters. The molecule has 3 aromatic heterocycles. The van der Waals surface area contributed by atoms with Crippen molar-refractivity contribution in [3.63, 3.8) is 0 Å². The van der Waals surface area contributed by atoms with Crippen molar-refractivity contribution in [2.24, 2.45) is 0 Å². The Morgan fingerprint density at radius 2 is 2.38 bits per heavy atom. The fourth-order valence-corrected chi connectivity index (χ4v) is 3.91. The predicted molar refractivity (Wildman–Crippen MR) is 90.9 cm³/mol. The van der Waals surface area contributed by atoms with Crippen molar-refractivity contribution in [2.75, 3.05) is 6.54 Å². The van der Waals surface area contributed by atoms with Crippen molar-refractivity contribution in [3.8, 4) is 0 Å². The molecule has 4 heterocycles. The van der Waals surface area contributed by atoms with E-state index in [0.29, 0.717) is 25.0 Å². The second-order valence-corrected chi connectivity index (χ2v) is 7.01. The Kier molecular flexibility index (Phi) is 3.68. The molecule has 0 saturated heterocycles. The van der Waals surface area contributed by atoms with Crippen LogP contribution in [0.3, 0.4) is 0 Å². The number of nitrogens with zero attached hydrogens (tertiary/aromatic N) is 4. The Bertz CT molecular complexity index is 957. The van der Waals surface area contributed by atoms with Gasteiger partial charge < -0.3 is 4.90 Å². The molecule has 7 nitrogen and oxygen atoms in total. The number of H-pyrrole nitrogens is 1. The van der Waals surface area contributed by atoms with E-state index < -0.39 is 0 Å². The summed E-state index contributed by atoms with van der Waals surface area (Å²) in [5.74, 6) is 0.290. The number of hydrogen-bond donors (Lipinski definition) is 1. The highest BCUT2D eigenvalue weighted by molar-refractivity contribution is 7.16. The number of fused-ring (bicyclic) bond motifs is 2. The zero-order valence-corrected chi connectivity index (χ0v) is 14.0. The van der Waals surface area contributed by atoms with E-state index in [9.17, 15) is 9.59 Å². The minimum atomic E-state index is -0.0850. The van der Waals surface area contributed by atoms with Crippen molar-refractivity contribution >= 4 is 27.5 Å². The molecular weight excluding hydrogens is 326 g/mol. The van der Waals surface area contributed by atoms with Crippen LogP contribution in [0, 0.1) is 0 Å². The largest absolute Gasteiger partial charge is 0.338 e. The molecule has 1 aliphatic heterocycles. The van der Waals surface area contributed by atoms with Gasteiger partial charge in [0.25, 0.3) is 5.56 Å². The Hall–Kier alpha value is -2.48. The lowest BCUT2D eigenvalue weighted by atomic mass is 9.98. The quantitative estimate of drug-likeness (QED) is 0.785. The molecule has 124 valence electrons. The second kappa shape index (κ2) is 5.86. The first-order chi connectivity index (χ1) is 11.6. The highest BCUT2D eigenvalue weighted by atomic mass is 32.1. The topological polar surface area (TPSA) is 83.9 Å². The van der Waals surface area contributed by atoms with E-state index in [4.69, 9.17) is 0 Å². The minimum absolute atomic E-state index is 0.0472. The van der Waals surface area contributed by atoms with Crippen molar-refractivity contribution in [1.29, 1.82) is 0 Å². The van der Waals surface area contributed by atoms with Gasteiger partial charge in [-0.05, 0) is 11.4 Å². The van der Waals surface area contributed by atoms with Crippen LogP contribution in [0.4, 0.5) is 0 Å². The summed E-state index contributed by atoms with van der Waals surface area (Å²) in [4.78, 5) is 31.7. The molecule has 0 radical (unpaired) electrons. The number of thiophene rings is 1. The number of aromatic nitrogens is 4. The molecule has 24 heavy (non-hydrogen) atoms. The second-order valence-electron chi connectivity index (χ2n) is 6.12. The molecule has 0 aromatic carbocycles. The smallest absolute Gasteiger partial charge is 0.262 e. The molecule has 1 amide bonds. The van der Waals surface area contributed by atoms with Gasteiger partial charge in [0.1, 0.15) is 4.83 Å². The average Bonchev–Trinajstić information content (AvgIpc) is 3.23. The zero-order valence-electron chi connectivity index (χ0n) is 13.2. The Morgan fingerprint density at radius 1 is 1.50 bits per heavy atom. The van der Waals surface area contributed by atoms with Gasteiger partial charge in [-0.15, -0.1) is 11.3 Å². The van der Waals surface area contributed by atoms with Crippen LogP contribution in [0.25, 0.3) is 10.2 Å². The van der Waals surface area contributed by atoms with E-state index >= 15 is 0 Å². The minimum Gasteiger partial charge on any atom is -0.338 e. The third-order valence-corrected chi connectivity index (χ3v) is 5.29. The molecule has 4 rings (SSSR count). The number of aromatic amines is 1. The van der Waals surface area contributed by atoms with Gasteiger partial charge in [0.15, 0.2) is 0 Å². The van der Waals surface area contributed by atoms with Gasteiger partial charge in [-0.3, -0.25) is 19.3 Å². The third-order valence-electron chi connectivity index (χ3n) is 4.47. The summed E-state index contributed by atoms with van der Waals surface area (Å²) < 4.78 is 1.52. The molecule has 0 spiro atoms. The predicted octanol–water partition coefficient (Wildman–Crippen LogP) is 1.72. The highest BCUT2D eigenvalue weighted by Gasteiger charge is 2.26. The zero-order chi connectivity index (χ0) is 16.7. The maximum Gasteiger partial charge on any atom is 0.262 e. The lowest BCUT2D eigenvalue weighted by molar-refractivity contribution is -0.132. The summed E-state index contributed by atoms with van der Waals surface area (Å²) in [6.45, 7) is 3.67. The molecular formula is C16H17N5O2S. The van der Waals surface area contributed by atoms with E-state index in [0.717, 1.165) is 16.1 Å². The van der Waals surface area contributed by atoms with Crippen molar-refractivity contribution in [1.82, 2.24) is 24.6 Å². The molecule has 1 aliphatic rings. The van der Waals surface area contributed by atoms with Crippen molar-refractivity contribution in [2.45, 2.75) is 32.4 Å². The number of nitrogens with one attached hydrogen (secondary N) is 1. The summed E-state index contributed by atoms with van der Waals surface area (Å²) >= 11 is 1.44. The standard InChI is InChI=1S/C16H17N5O2S/c1-10-7-21(8-11-6-18-19-14(10)11)13(22)2-4-20-9-17-15-12(16(20)23)3-5-24-15/h3,5-6,9-10H,2,4,7-8H2,1H3,(H,18,19). The summed E-state index contributed by atoms with van der Waals surface area (Å²) in [6.07, 6.45) is 3.60. The number of amides is 1. The summed E-state index contributed by atoms with van der Waals surface area (Å²) in [7, 11) is 0. The van der Waals surface area contributed by atoms with Gasteiger partial charge in [0, 0.05) is 43.2 Å². The molecule has 0 saturated carbocycles. The van der Waals surface area contributed by atoms with Crippen LogP contribution in [-0.4, -0.2) is 37.1 Å². The summed E-state index contributed by atoms with van der Waals surface area (Å²) in [5, 5.41) is 9.54. The van der Waals surface area contributed by atoms with Gasteiger partial charge in [0.2, 0.25) is 5.91 Å². The number of carbonyl (C=O) groups is 1. The molecule has 3 aromatic rings. The monoisotopic (exact) mass is 343 g/mol. The van der Waals surface area contributed by atoms with Crippen LogP contribution in [0.5, 0.6) is 0 Å². The molecule has 8 heteroatoms. The first-order valence-electron chi connectivity index (χ1n) is 7.86. The normalized spacial score (nSPS) is 17.2. The van der Waals surface area contributed by atoms with Crippen molar-refractivity contribution in [3.05, 3.63) is 45.6 Å². The van der Waals surface area contributed by atoms with Gasteiger partial charge in [-0.25, -0.2) is 4.98 Å². The van der Waals surface area contributed by atoms with E-state index in [2.05, 4.69) is 22.1 Å². The molecule has 0 fully saturated rings. The molecule has 0 bridgehead atoms. The summed E-state index contributed by atoms with van der Waals surface area (Å²) in [6, 6.07) is 1.78. The van der Waals surface area contributed by atoms with Gasteiger partial charge in [-0.2, -0.15) is 5.10 Å². The van der Waals surface area contributed by atoms with Crippen LogP contribution in [0.1, 0.15) is 30.5 Å².